The Bertz CT molecular complexity index is 1140. The van der Waals surface area contributed by atoms with Crippen molar-refractivity contribution in [1.82, 2.24) is 19.5 Å². The van der Waals surface area contributed by atoms with Crippen LogP contribution in [0.1, 0.15) is 11.8 Å². The van der Waals surface area contributed by atoms with Gasteiger partial charge in [0, 0.05) is 0 Å². The second-order valence-corrected chi connectivity index (χ2v) is 6.95. The lowest BCUT2D eigenvalue weighted by Gasteiger charge is -2.18. The van der Waals surface area contributed by atoms with Gasteiger partial charge in [-0.3, -0.25) is 4.57 Å². The molecule has 4 atom stereocenters. The molecule has 6 N–H and O–H groups in total. The van der Waals surface area contributed by atoms with Crippen molar-refractivity contribution in [3.8, 4) is 11.5 Å². The number of nitrogens with zero attached hydrogens (tertiary/aromatic N) is 5. The maximum absolute atomic E-state index is 10.5. The number of benzene rings is 1. The summed E-state index contributed by atoms with van der Waals surface area (Å²) in [5, 5.41) is 34.3. The molecule has 13 heteroatoms. The van der Waals surface area contributed by atoms with Crippen molar-refractivity contribution in [2.24, 2.45) is 5.10 Å². The average molecular weight is 445 g/mol. The maximum Gasteiger partial charge on any atom is 0.228 e. The van der Waals surface area contributed by atoms with Crippen LogP contribution in [0.25, 0.3) is 11.2 Å². The summed E-state index contributed by atoms with van der Waals surface area (Å²) >= 11 is 0. The molecule has 0 spiro atoms. The third-order valence-corrected chi connectivity index (χ3v) is 5.06. The minimum Gasteiger partial charge on any atom is -0.493 e. The van der Waals surface area contributed by atoms with Crippen molar-refractivity contribution in [3.05, 3.63) is 30.1 Å². The second-order valence-electron chi connectivity index (χ2n) is 6.95. The van der Waals surface area contributed by atoms with E-state index in [2.05, 4.69) is 25.5 Å². The summed E-state index contributed by atoms with van der Waals surface area (Å²) in [5.74, 6) is 1.38. The van der Waals surface area contributed by atoms with Crippen LogP contribution in [-0.4, -0.2) is 80.2 Å². The topological polar surface area (TPSA) is 182 Å². The number of nitrogens with one attached hydrogen (secondary N) is 1. The van der Waals surface area contributed by atoms with Gasteiger partial charge in [0.25, 0.3) is 0 Å². The van der Waals surface area contributed by atoms with Crippen molar-refractivity contribution in [2.75, 3.05) is 32.0 Å². The third-order valence-electron chi connectivity index (χ3n) is 5.06. The third kappa shape index (κ3) is 3.78. The van der Waals surface area contributed by atoms with Gasteiger partial charge >= 0.3 is 0 Å². The van der Waals surface area contributed by atoms with Crippen molar-refractivity contribution in [1.29, 1.82) is 0 Å². The first kappa shape index (κ1) is 21.7. The fraction of sp³-hybridized carbons (Fsp3) is 0.368. The van der Waals surface area contributed by atoms with Gasteiger partial charge in [-0.1, -0.05) is 0 Å². The highest BCUT2D eigenvalue weighted by atomic mass is 16.6. The molecule has 0 saturated carbocycles. The monoisotopic (exact) mass is 445 g/mol. The molecule has 0 amide bonds. The lowest BCUT2D eigenvalue weighted by Crippen LogP contribution is -2.33. The summed E-state index contributed by atoms with van der Waals surface area (Å²) in [6.45, 7) is -0.474. The van der Waals surface area contributed by atoms with Gasteiger partial charge in [0.05, 0.1) is 27.0 Å². The first-order valence-corrected chi connectivity index (χ1v) is 9.60. The molecule has 1 fully saturated rings. The number of methoxy groups -OCH3 is 2. The fourth-order valence-electron chi connectivity index (χ4n) is 3.44. The van der Waals surface area contributed by atoms with Gasteiger partial charge in [-0.2, -0.15) is 5.10 Å². The van der Waals surface area contributed by atoms with Crippen LogP contribution < -0.4 is 20.6 Å². The van der Waals surface area contributed by atoms with Gasteiger partial charge in [0.1, 0.15) is 24.6 Å². The predicted octanol–water partition coefficient (Wildman–Crippen LogP) is -0.517. The molecule has 1 aromatic carbocycles. The van der Waals surface area contributed by atoms with Gasteiger partial charge in [0.15, 0.2) is 34.7 Å². The molecule has 0 aliphatic carbocycles. The molecule has 1 aliphatic heterocycles. The minimum atomic E-state index is -1.35. The number of aliphatic hydroxyl groups excluding tert-OH is 3. The summed E-state index contributed by atoms with van der Waals surface area (Å²) in [6, 6.07) is 5.26. The molecule has 32 heavy (non-hydrogen) atoms. The number of hydrogen-bond donors (Lipinski definition) is 5. The lowest BCUT2D eigenvalue weighted by molar-refractivity contribution is -0.0501. The maximum atomic E-state index is 10.5. The number of hydrogen-bond acceptors (Lipinski definition) is 12. The first-order chi connectivity index (χ1) is 15.5. The van der Waals surface area contributed by atoms with Gasteiger partial charge in [0.2, 0.25) is 5.95 Å². The Kier molecular flexibility index (Phi) is 6.05. The Morgan fingerprint density at radius 2 is 2.00 bits per heavy atom. The number of fused-ring (bicyclic) bond motifs is 1. The van der Waals surface area contributed by atoms with E-state index in [-0.39, 0.29) is 22.9 Å². The molecule has 4 rings (SSSR count). The number of ether oxygens (including phenoxy) is 3. The van der Waals surface area contributed by atoms with Crippen LogP contribution in [-0.2, 0) is 4.74 Å². The minimum absolute atomic E-state index is 0.118. The van der Waals surface area contributed by atoms with Crippen LogP contribution in [0, 0.1) is 0 Å². The Hall–Kier alpha value is -3.52. The molecular formula is C19H23N7O6. The SMILES string of the molecule is COc1ccc(/C=N\Nc2nc3c(N)ncnc3n2[C@H]2O[C@@H](CO)[C@@H](O)[C@H]2O)cc1OC. The molecule has 13 nitrogen and oxygen atoms in total. The number of nitrogen functional groups attached to an aromatic ring is 1. The summed E-state index contributed by atoms with van der Waals surface area (Å²) in [5.41, 5.74) is 9.93. The second kappa shape index (κ2) is 8.92. The van der Waals surface area contributed by atoms with Crippen molar-refractivity contribution >= 4 is 29.1 Å². The number of nitrogens with two attached hydrogens (primary N) is 1. The van der Waals surface area contributed by atoms with E-state index in [1.165, 1.54) is 24.2 Å². The number of imidazole rings is 1. The normalized spacial score (nSPS) is 23.2. The Morgan fingerprint density at radius 3 is 2.69 bits per heavy atom. The van der Waals surface area contributed by atoms with Crippen molar-refractivity contribution in [3.63, 3.8) is 0 Å². The van der Waals surface area contributed by atoms with E-state index in [9.17, 15) is 15.3 Å². The van der Waals surface area contributed by atoms with Gasteiger partial charge < -0.3 is 35.3 Å². The Morgan fingerprint density at radius 1 is 1.22 bits per heavy atom. The van der Waals surface area contributed by atoms with Crippen molar-refractivity contribution < 1.29 is 29.5 Å². The lowest BCUT2D eigenvalue weighted by atomic mass is 10.1. The Balaban J connectivity index is 1.68. The van der Waals surface area contributed by atoms with Gasteiger partial charge in [-0.15, -0.1) is 0 Å². The van der Waals surface area contributed by atoms with E-state index in [0.29, 0.717) is 17.1 Å². The summed E-state index contributed by atoms with van der Waals surface area (Å²) in [7, 11) is 3.08. The van der Waals surface area contributed by atoms with E-state index < -0.39 is 31.1 Å². The molecule has 1 saturated heterocycles. The molecule has 0 radical (unpaired) electrons. The number of anilines is 2. The predicted molar refractivity (Wildman–Crippen MR) is 114 cm³/mol. The number of aliphatic hydroxyl groups is 3. The smallest absolute Gasteiger partial charge is 0.228 e. The van der Waals surface area contributed by atoms with E-state index >= 15 is 0 Å². The highest BCUT2D eigenvalue weighted by Gasteiger charge is 2.45. The average Bonchev–Trinajstić information content (AvgIpc) is 3.31. The van der Waals surface area contributed by atoms with Crippen LogP contribution in [0.15, 0.2) is 29.6 Å². The molecule has 170 valence electrons. The van der Waals surface area contributed by atoms with Gasteiger partial charge in [-0.25, -0.2) is 20.4 Å². The summed E-state index contributed by atoms with van der Waals surface area (Å²) < 4.78 is 17.5. The quantitative estimate of drug-likeness (QED) is 0.233. The zero-order valence-electron chi connectivity index (χ0n) is 17.3. The molecule has 0 bridgehead atoms. The largest absolute Gasteiger partial charge is 0.493 e. The zero-order chi connectivity index (χ0) is 22.8. The summed E-state index contributed by atoms with van der Waals surface area (Å²) in [6.07, 6.45) is -1.96. The van der Waals surface area contributed by atoms with E-state index in [0.717, 1.165) is 0 Å². The van der Waals surface area contributed by atoms with Crippen LogP contribution in [0.2, 0.25) is 0 Å². The number of rotatable bonds is 7. The van der Waals surface area contributed by atoms with Crippen LogP contribution in [0.5, 0.6) is 11.5 Å². The number of aromatic nitrogens is 4. The highest BCUT2D eigenvalue weighted by molar-refractivity contribution is 5.85. The fourth-order valence-corrected chi connectivity index (χ4v) is 3.44. The van der Waals surface area contributed by atoms with E-state index in [1.54, 1.807) is 25.3 Å². The van der Waals surface area contributed by atoms with Gasteiger partial charge in [-0.05, 0) is 23.8 Å². The Labute approximate surface area is 182 Å². The van der Waals surface area contributed by atoms with Crippen LogP contribution in [0.4, 0.5) is 11.8 Å². The molecule has 0 unspecified atom stereocenters. The molecule has 2 aromatic heterocycles. The highest BCUT2D eigenvalue weighted by Crippen LogP contribution is 2.35. The molecular weight excluding hydrogens is 422 g/mol. The molecule has 1 aliphatic rings. The van der Waals surface area contributed by atoms with Crippen molar-refractivity contribution in [2.45, 2.75) is 24.5 Å². The number of hydrazone groups is 1. The zero-order valence-corrected chi connectivity index (χ0v) is 17.3. The molecule has 3 aromatic rings. The standard InChI is InChI=1S/C19H23N7O6/c1-30-10-4-3-9(5-11(10)31-2)6-23-25-19-24-13-16(20)21-8-22-17(13)26(19)18-15(29)14(28)12(7-27)32-18/h3-6,8,12,14-15,18,27-29H,7H2,1-2H3,(H,24,25)(H2,20,21,22)/b23-6-/t12-,14+,15+,18-/m0/s1. The van der Waals surface area contributed by atoms with Crippen LogP contribution in [0.3, 0.4) is 0 Å². The van der Waals surface area contributed by atoms with E-state index in [1.807, 2.05) is 0 Å². The van der Waals surface area contributed by atoms with E-state index in [4.69, 9.17) is 19.9 Å². The molecule has 3 heterocycles. The first-order valence-electron chi connectivity index (χ1n) is 9.60. The van der Waals surface area contributed by atoms with Crippen LogP contribution >= 0.6 is 0 Å². The summed E-state index contributed by atoms with van der Waals surface area (Å²) in [4.78, 5) is 12.5.